The first-order valence-corrected chi connectivity index (χ1v) is 8.51. The van der Waals surface area contributed by atoms with Gasteiger partial charge in [-0.05, 0) is 36.8 Å². The standard InChI is InChI=1S/C19H20F3N3O2/c1-12-15(6-7-17(24-12)19(20,21)22)18(26)25-9-8-23-16(11-25)13-4-3-5-14(10-13)27-2/h3-7,10,16,23H,8-9,11H2,1-2H3. The van der Waals surface area contributed by atoms with Gasteiger partial charge in [0.05, 0.1) is 24.4 Å². The zero-order chi connectivity index (χ0) is 19.6. The molecule has 1 aliphatic rings. The maximum atomic E-state index is 12.8. The van der Waals surface area contributed by atoms with Crippen LogP contribution in [0.3, 0.4) is 0 Å². The summed E-state index contributed by atoms with van der Waals surface area (Å²) in [6.07, 6.45) is -4.53. The quantitative estimate of drug-likeness (QED) is 0.890. The molecule has 2 heterocycles. The minimum Gasteiger partial charge on any atom is -0.497 e. The van der Waals surface area contributed by atoms with Crippen molar-refractivity contribution in [3.63, 3.8) is 0 Å². The fourth-order valence-electron chi connectivity index (χ4n) is 3.13. The number of hydrogen-bond donors (Lipinski definition) is 1. The van der Waals surface area contributed by atoms with Crippen molar-refractivity contribution in [2.45, 2.75) is 19.1 Å². The van der Waals surface area contributed by atoms with Crippen molar-refractivity contribution < 1.29 is 22.7 Å². The molecule has 1 atom stereocenters. The van der Waals surface area contributed by atoms with Crippen LogP contribution >= 0.6 is 0 Å². The lowest BCUT2D eigenvalue weighted by Gasteiger charge is -2.34. The van der Waals surface area contributed by atoms with Gasteiger partial charge in [-0.25, -0.2) is 4.98 Å². The maximum absolute atomic E-state index is 12.8. The van der Waals surface area contributed by atoms with Gasteiger partial charge in [0.25, 0.3) is 5.91 Å². The second-order valence-corrected chi connectivity index (χ2v) is 6.36. The van der Waals surface area contributed by atoms with Crippen LogP contribution in [0, 0.1) is 6.92 Å². The summed E-state index contributed by atoms with van der Waals surface area (Å²) in [6, 6.07) is 9.53. The molecule has 1 aromatic carbocycles. The predicted molar refractivity (Wildman–Crippen MR) is 93.6 cm³/mol. The fraction of sp³-hybridized carbons (Fsp3) is 0.368. The van der Waals surface area contributed by atoms with Crippen molar-refractivity contribution in [1.29, 1.82) is 0 Å². The van der Waals surface area contributed by atoms with Crippen LogP contribution in [0.15, 0.2) is 36.4 Å². The van der Waals surface area contributed by atoms with Crippen molar-refractivity contribution in [3.8, 4) is 5.75 Å². The smallest absolute Gasteiger partial charge is 0.433 e. The summed E-state index contributed by atoms with van der Waals surface area (Å²) in [5.74, 6) is 0.406. The lowest BCUT2D eigenvalue weighted by Crippen LogP contribution is -2.48. The average Bonchev–Trinajstić information content (AvgIpc) is 2.67. The first kappa shape index (κ1) is 19.2. The zero-order valence-electron chi connectivity index (χ0n) is 15.0. The van der Waals surface area contributed by atoms with E-state index in [4.69, 9.17) is 4.74 Å². The Kier molecular flexibility index (Phi) is 5.36. The van der Waals surface area contributed by atoms with Gasteiger partial charge in [-0.2, -0.15) is 13.2 Å². The normalized spacial score (nSPS) is 17.7. The van der Waals surface area contributed by atoms with Crippen LogP contribution in [-0.2, 0) is 6.18 Å². The third-order valence-electron chi connectivity index (χ3n) is 4.57. The van der Waals surface area contributed by atoms with Crippen LogP contribution < -0.4 is 10.1 Å². The van der Waals surface area contributed by atoms with Gasteiger partial charge in [0.15, 0.2) is 0 Å². The van der Waals surface area contributed by atoms with E-state index in [1.54, 1.807) is 12.0 Å². The number of halogens is 3. The Morgan fingerprint density at radius 3 is 2.74 bits per heavy atom. The molecule has 27 heavy (non-hydrogen) atoms. The van der Waals surface area contributed by atoms with E-state index in [2.05, 4.69) is 10.3 Å². The van der Waals surface area contributed by atoms with E-state index >= 15 is 0 Å². The molecule has 0 saturated carbocycles. The van der Waals surface area contributed by atoms with E-state index in [-0.39, 0.29) is 23.2 Å². The molecule has 0 spiro atoms. The van der Waals surface area contributed by atoms with Crippen LogP contribution in [0.4, 0.5) is 13.2 Å². The summed E-state index contributed by atoms with van der Waals surface area (Å²) in [4.78, 5) is 18.0. The second kappa shape index (κ2) is 7.56. The largest absolute Gasteiger partial charge is 0.497 e. The van der Waals surface area contributed by atoms with Gasteiger partial charge in [0.2, 0.25) is 0 Å². The third kappa shape index (κ3) is 4.21. The first-order valence-electron chi connectivity index (χ1n) is 8.51. The zero-order valence-corrected chi connectivity index (χ0v) is 15.0. The number of carbonyl (C=O) groups excluding carboxylic acids is 1. The topological polar surface area (TPSA) is 54.5 Å². The highest BCUT2D eigenvalue weighted by molar-refractivity contribution is 5.95. The Morgan fingerprint density at radius 2 is 2.07 bits per heavy atom. The molecule has 3 rings (SSSR count). The summed E-state index contributed by atoms with van der Waals surface area (Å²) in [5, 5.41) is 3.35. The minimum atomic E-state index is -4.53. The van der Waals surface area contributed by atoms with Crippen molar-refractivity contribution in [2.75, 3.05) is 26.7 Å². The van der Waals surface area contributed by atoms with Crippen LogP contribution in [0.2, 0.25) is 0 Å². The highest BCUT2D eigenvalue weighted by Gasteiger charge is 2.34. The molecule has 5 nitrogen and oxygen atoms in total. The number of methoxy groups -OCH3 is 1. The Labute approximate surface area is 155 Å². The number of ether oxygens (including phenoxy) is 1. The first-order chi connectivity index (χ1) is 12.8. The Morgan fingerprint density at radius 1 is 1.30 bits per heavy atom. The molecule has 144 valence electrons. The number of nitrogens with one attached hydrogen (secondary N) is 1. The molecule has 0 aliphatic carbocycles. The van der Waals surface area contributed by atoms with Crippen molar-refractivity contribution in [1.82, 2.24) is 15.2 Å². The van der Waals surface area contributed by atoms with E-state index < -0.39 is 11.9 Å². The van der Waals surface area contributed by atoms with Crippen LogP contribution in [-0.4, -0.2) is 42.5 Å². The van der Waals surface area contributed by atoms with Crippen LogP contribution in [0.25, 0.3) is 0 Å². The summed E-state index contributed by atoms with van der Waals surface area (Å²) in [6.45, 7) is 2.89. The van der Waals surface area contributed by atoms with Gasteiger partial charge >= 0.3 is 6.18 Å². The second-order valence-electron chi connectivity index (χ2n) is 6.36. The third-order valence-corrected chi connectivity index (χ3v) is 4.57. The maximum Gasteiger partial charge on any atom is 0.433 e. The van der Waals surface area contributed by atoms with Gasteiger partial charge in [-0.1, -0.05) is 12.1 Å². The summed E-state index contributed by atoms with van der Waals surface area (Å²) >= 11 is 0. The van der Waals surface area contributed by atoms with Gasteiger partial charge in [-0.15, -0.1) is 0 Å². The number of pyridine rings is 1. The number of alkyl halides is 3. The van der Waals surface area contributed by atoms with Gasteiger partial charge in [-0.3, -0.25) is 4.79 Å². The molecular weight excluding hydrogens is 359 g/mol. The number of nitrogens with zero attached hydrogens (tertiary/aromatic N) is 2. The predicted octanol–water partition coefficient (Wildman–Crippen LogP) is 3.20. The number of piperazine rings is 1. The highest BCUT2D eigenvalue weighted by atomic mass is 19.4. The molecule has 1 aromatic heterocycles. The Bertz CT molecular complexity index is 839. The number of rotatable bonds is 3. The monoisotopic (exact) mass is 379 g/mol. The molecule has 1 aliphatic heterocycles. The van der Waals surface area contributed by atoms with E-state index in [0.717, 1.165) is 17.4 Å². The molecular formula is C19H20F3N3O2. The SMILES string of the molecule is COc1cccc(C2CN(C(=O)c3ccc(C(F)(F)F)nc3C)CCN2)c1. The number of carbonyl (C=O) groups is 1. The molecule has 1 unspecified atom stereocenters. The Hall–Kier alpha value is -2.61. The van der Waals surface area contributed by atoms with Gasteiger partial charge in [0.1, 0.15) is 11.4 Å². The van der Waals surface area contributed by atoms with Crippen molar-refractivity contribution in [2.24, 2.45) is 0 Å². The van der Waals surface area contributed by atoms with E-state index in [9.17, 15) is 18.0 Å². The number of hydrogen-bond acceptors (Lipinski definition) is 4. The molecule has 8 heteroatoms. The highest BCUT2D eigenvalue weighted by Crippen LogP contribution is 2.29. The van der Waals surface area contributed by atoms with Gasteiger partial charge in [0, 0.05) is 19.6 Å². The van der Waals surface area contributed by atoms with Crippen LogP contribution in [0.5, 0.6) is 5.75 Å². The molecule has 0 bridgehead atoms. The molecule has 1 saturated heterocycles. The number of benzene rings is 1. The average molecular weight is 379 g/mol. The number of amides is 1. The van der Waals surface area contributed by atoms with E-state index in [1.807, 2.05) is 24.3 Å². The summed E-state index contributed by atoms with van der Waals surface area (Å²) in [7, 11) is 1.59. The lowest BCUT2D eigenvalue weighted by atomic mass is 10.0. The Balaban J connectivity index is 1.79. The molecule has 1 amide bonds. The molecule has 0 radical (unpaired) electrons. The number of aryl methyl sites for hydroxylation is 1. The number of aromatic nitrogens is 1. The summed E-state index contributed by atoms with van der Waals surface area (Å²) < 4.78 is 43.6. The molecule has 1 N–H and O–H groups in total. The molecule has 1 fully saturated rings. The molecule has 2 aromatic rings. The fourth-order valence-corrected chi connectivity index (χ4v) is 3.13. The van der Waals surface area contributed by atoms with Crippen LogP contribution in [0.1, 0.15) is 33.4 Å². The lowest BCUT2D eigenvalue weighted by molar-refractivity contribution is -0.141. The van der Waals surface area contributed by atoms with E-state index in [0.29, 0.717) is 19.6 Å². The van der Waals surface area contributed by atoms with Crippen molar-refractivity contribution in [3.05, 3.63) is 58.9 Å². The van der Waals surface area contributed by atoms with Gasteiger partial charge < -0.3 is 15.0 Å². The van der Waals surface area contributed by atoms with E-state index in [1.165, 1.54) is 13.0 Å². The van der Waals surface area contributed by atoms with Crippen molar-refractivity contribution >= 4 is 5.91 Å². The minimum absolute atomic E-state index is 0.0753. The summed E-state index contributed by atoms with van der Waals surface area (Å²) in [5.41, 5.74) is 0.251.